The molecule has 0 saturated carbocycles. The predicted octanol–water partition coefficient (Wildman–Crippen LogP) is 0.200. The summed E-state index contributed by atoms with van der Waals surface area (Å²) in [6.45, 7) is 1.29. The number of benzene rings is 2. The standard InChI is InChI=1S/C21H25NO7/c1-11-8-13(12-4-3-5-14(9-12)20(27)22-2)6-7-15(11)28-21-19(26)18(25)17(24)16(10-23)29-21/h3-9,16-19,21,23-26H,10H2,1-2H3,(H,22,27)/t16-,17+,18+,19-,21-/m0/s1. The van der Waals surface area contributed by atoms with E-state index in [1.165, 1.54) is 0 Å². The zero-order valence-corrected chi connectivity index (χ0v) is 16.1. The summed E-state index contributed by atoms with van der Waals surface area (Å²) in [5, 5.41) is 41.8. The van der Waals surface area contributed by atoms with Crippen LogP contribution in [0.15, 0.2) is 42.5 Å². The third-order valence-electron chi connectivity index (χ3n) is 4.95. The SMILES string of the molecule is CNC(=O)c1cccc(-c2ccc(O[C@H]3O[C@@H](CO)[C@@H](O)[C@@H](O)[C@@H]3O)c(C)c2)c1. The van der Waals surface area contributed by atoms with E-state index in [9.17, 15) is 25.2 Å². The van der Waals surface area contributed by atoms with Gasteiger partial charge < -0.3 is 35.2 Å². The molecule has 1 fully saturated rings. The lowest BCUT2D eigenvalue weighted by molar-refractivity contribution is -0.277. The number of hydrogen-bond acceptors (Lipinski definition) is 7. The van der Waals surface area contributed by atoms with Crippen LogP contribution >= 0.6 is 0 Å². The molecule has 1 saturated heterocycles. The first-order chi connectivity index (χ1) is 13.8. The summed E-state index contributed by atoms with van der Waals surface area (Å²) in [4.78, 5) is 11.8. The Morgan fingerprint density at radius 2 is 1.79 bits per heavy atom. The summed E-state index contributed by atoms with van der Waals surface area (Å²) in [5.74, 6) is 0.242. The smallest absolute Gasteiger partial charge is 0.251 e. The molecule has 1 heterocycles. The highest BCUT2D eigenvalue weighted by atomic mass is 16.7. The largest absolute Gasteiger partial charge is 0.462 e. The van der Waals surface area contributed by atoms with E-state index in [1.54, 1.807) is 37.4 Å². The molecule has 29 heavy (non-hydrogen) atoms. The van der Waals surface area contributed by atoms with Gasteiger partial charge in [0.25, 0.3) is 5.91 Å². The number of nitrogens with one attached hydrogen (secondary N) is 1. The highest BCUT2D eigenvalue weighted by Gasteiger charge is 2.44. The maximum absolute atomic E-state index is 11.8. The van der Waals surface area contributed by atoms with Crippen LogP contribution in [0.1, 0.15) is 15.9 Å². The highest BCUT2D eigenvalue weighted by molar-refractivity contribution is 5.95. The summed E-state index contributed by atoms with van der Waals surface area (Å²) >= 11 is 0. The number of carbonyl (C=O) groups is 1. The molecule has 1 aliphatic rings. The molecule has 5 N–H and O–H groups in total. The maximum Gasteiger partial charge on any atom is 0.251 e. The van der Waals surface area contributed by atoms with Gasteiger partial charge in [-0.1, -0.05) is 18.2 Å². The van der Waals surface area contributed by atoms with Crippen LogP contribution in [0.2, 0.25) is 0 Å². The zero-order valence-electron chi connectivity index (χ0n) is 16.1. The van der Waals surface area contributed by atoms with Crippen molar-refractivity contribution < 1.29 is 34.7 Å². The molecule has 2 aromatic rings. The minimum Gasteiger partial charge on any atom is -0.462 e. The van der Waals surface area contributed by atoms with Crippen molar-refractivity contribution in [3.63, 3.8) is 0 Å². The van der Waals surface area contributed by atoms with Crippen LogP contribution in [0, 0.1) is 6.92 Å². The molecule has 2 aromatic carbocycles. The summed E-state index contributed by atoms with van der Waals surface area (Å²) < 4.78 is 11.1. The average molecular weight is 403 g/mol. The van der Waals surface area contributed by atoms with Gasteiger partial charge in [0.05, 0.1) is 6.61 Å². The van der Waals surface area contributed by atoms with Crippen molar-refractivity contribution >= 4 is 5.91 Å². The zero-order chi connectivity index (χ0) is 21.1. The average Bonchev–Trinajstić information content (AvgIpc) is 2.74. The lowest BCUT2D eigenvalue weighted by Crippen LogP contribution is -2.60. The molecular formula is C21H25NO7. The van der Waals surface area contributed by atoms with E-state index in [1.807, 2.05) is 19.1 Å². The van der Waals surface area contributed by atoms with Gasteiger partial charge in [0.2, 0.25) is 6.29 Å². The van der Waals surface area contributed by atoms with Gasteiger partial charge in [0.1, 0.15) is 30.2 Å². The van der Waals surface area contributed by atoms with Crippen LogP contribution < -0.4 is 10.1 Å². The van der Waals surface area contributed by atoms with E-state index in [2.05, 4.69) is 5.32 Å². The van der Waals surface area contributed by atoms with Crippen molar-refractivity contribution in [2.24, 2.45) is 0 Å². The predicted molar refractivity (Wildman–Crippen MR) is 104 cm³/mol. The minimum atomic E-state index is -1.50. The van der Waals surface area contributed by atoms with Crippen molar-refractivity contribution in [2.75, 3.05) is 13.7 Å². The lowest BCUT2D eigenvalue weighted by Gasteiger charge is -2.39. The fraction of sp³-hybridized carbons (Fsp3) is 0.381. The van der Waals surface area contributed by atoms with Gasteiger partial charge in [-0.05, 0) is 47.9 Å². The van der Waals surface area contributed by atoms with E-state index >= 15 is 0 Å². The van der Waals surface area contributed by atoms with Gasteiger partial charge >= 0.3 is 0 Å². The van der Waals surface area contributed by atoms with Gasteiger partial charge in [0.15, 0.2) is 0 Å². The molecular weight excluding hydrogens is 378 g/mol. The second kappa shape index (κ2) is 8.89. The molecule has 1 aliphatic heterocycles. The van der Waals surface area contributed by atoms with Gasteiger partial charge in [-0.25, -0.2) is 0 Å². The molecule has 1 amide bonds. The second-order valence-electron chi connectivity index (χ2n) is 6.96. The first-order valence-electron chi connectivity index (χ1n) is 9.26. The Morgan fingerprint density at radius 3 is 2.45 bits per heavy atom. The number of aryl methyl sites for hydroxylation is 1. The molecule has 156 valence electrons. The number of amides is 1. The van der Waals surface area contributed by atoms with Crippen LogP contribution in [-0.4, -0.2) is 70.7 Å². The van der Waals surface area contributed by atoms with Gasteiger partial charge in [0, 0.05) is 12.6 Å². The normalized spacial score (nSPS) is 26.8. The second-order valence-corrected chi connectivity index (χ2v) is 6.96. The number of carbonyl (C=O) groups excluding carboxylic acids is 1. The summed E-state index contributed by atoms with van der Waals surface area (Å²) in [6, 6.07) is 12.6. The molecule has 8 nitrogen and oxygen atoms in total. The van der Waals surface area contributed by atoms with Crippen LogP contribution in [-0.2, 0) is 4.74 Å². The quantitative estimate of drug-likeness (QED) is 0.482. The van der Waals surface area contributed by atoms with Crippen LogP contribution in [0.5, 0.6) is 5.75 Å². The molecule has 8 heteroatoms. The first kappa shape index (κ1) is 21.2. The maximum atomic E-state index is 11.8. The number of aliphatic hydroxyl groups excluding tert-OH is 4. The third kappa shape index (κ3) is 4.42. The van der Waals surface area contributed by atoms with E-state index in [0.717, 1.165) is 16.7 Å². The molecule has 0 bridgehead atoms. The van der Waals surface area contributed by atoms with Crippen molar-refractivity contribution in [3.8, 4) is 16.9 Å². The fourth-order valence-corrected chi connectivity index (χ4v) is 3.24. The highest BCUT2D eigenvalue weighted by Crippen LogP contribution is 2.30. The minimum absolute atomic E-state index is 0.175. The number of aliphatic hydroxyl groups is 4. The Bertz CT molecular complexity index is 870. The molecule has 0 unspecified atom stereocenters. The fourth-order valence-electron chi connectivity index (χ4n) is 3.24. The molecule has 5 atom stereocenters. The summed E-state index contributed by atoms with van der Waals surface area (Å²) in [6.07, 6.45) is -6.70. The van der Waals surface area contributed by atoms with E-state index in [4.69, 9.17) is 9.47 Å². The molecule has 0 aliphatic carbocycles. The topological polar surface area (TPSA) is 128 Å². The van der Waals surface area contributed by atoms with Crippen LogP contribution in [0.4, 0.5) is 0 Å². The Morgan fingerprint density at radius 1 is 1.07 bits per heavy atom. The first-order valence-corrected chi connectivity index (χ1v) is 9.26. The Hall–Kier alpha value is -2.49. The summed E-state index contributed by atoms with van der Waals surface area (Å²) in [7, 11) is 1.57. The third-order valence-corrected chi connectivity index (χ3v) is 4.95. The summed E-state index contributed by atoms with van der Waals surface area (Å²) in [5.41, 5.74) is 3.01. The van der Waals surface area contributed by atoms with Crippen molar-refractivity contribution in [1.82, 2.24) is 5.32 Å². The number of hydrogen-bond donors (Lipinski definition) is 5. The number of ether oxygens (including phenoxy) is 2. The Kier molecular flexibility index (Phi) is 6.51. The van der Waals surface area contributed by atoms with Gasteiger partial charge in [-0.2, -0.15) is 0 Å². The van der Waals surface area contributed by atoms with Gasteiger partial charge in [-0.3, -0.25) is 4.79 Å². The number of rotatable bonds is 5. The van der Waals surface area contributed by atoms with Crippen molar-refractivity contribution in [1.29, 1.82) is 0 Å². The van der Waals surface area contributed by atoms with E-state index < -0.39 is 37.3 Å². The lowest BCUT2D eigenvalue weighted by atomic mass is 9.99. The Labute approximate surface area is 168 Å². The molecule has 0 spiro atoms. The van der Waals surface area contributed by atoms with Crippen LogP contribution in [0.25, 0.3) is 11.1 Å². The van der Waals surface area contributed by atoms with E-state index in [0.29, 0.717) is 11.3 Å². The van der Waals surface area contributed by atoms with Crippen molar-refractivity contribution in [2.45, 2.75) is 37.6 Å². The molecule has 3 rings (SSSR count). The van der Waals surface area contributed by atoms with Gasteiger partial charge in [-0.15, -0.1) is 0 Å². The van der Waals surface area contributed by atoms with Crippen molar-refractivity contribution in [3.05, 3.63) is 53.6 Å². The van der Waals surface area contributed by atoms with Crippen LogP contribution in [0.3, 0.4) is 0 Å². The monoisotopic (exact) mass is 403 g/mol. The Balaban J connectivity index is 1.81. The van der Waals surface area contributed by atoms with E-state index in [-0.39, 0.29) is 5.91 Å². The molecule has 0 radical (unpaired) electrons. The molecule has 0 aromatic heterocycles.